The summed E-state index contributed by atoms with van der Waals surface area (Å²) in [5.41, 5.74) is -2.82. The van der Waals surface area contributed by atoms with Gasteiger partial charge in [0, 0.05) is 24.8 Å². The van der Waals surface area contributed by atoms with Crippen LogP contribution in [0.15, 0.2) is 21.9 Å². The molecule has 1 aromatic rings. The molecule has 4 atom stereocenters. The molecule has 0 saturated heterocycles. The highest BCUT2D eigenvalue weighted by Gasteiger charge is 2.58. The van der Waals surface area contributed by atoms with Gasteiger partial charge in [-0.25, -0.2) is 4.79 Å². The zero-order chi connectivity index (χ0) is 19.9. The molecule has 8 nitrogen and oxygen atoms in total. The Labute approximate surface area is 153 Å². The van der Waals surface area contributed by atoms with Crippen LogP contribution < -0.4 is 11.2 Å². The van der Waals surface area contributed by atoms with Gasteiger partial charge in [0.25, 0.3) is 5.56 Å². The third kappa shape index (κ3) is 3.30. The molecule has 0 bridgehead atoms. The van der Waals surface area contributed by atoms with Crippen molar-refractivity contribution in [3.63, 3.8) is 0 Å². The lowest BCUT2D eigenvalue weighted by Crippen LogP contribution is -2.56. The molecule has 0 aromatic carbocycles. The maximum absolute atomic E-state index is 12.4. The minimum absolute atomic E-state index is 0.0480. The Kier molecular flexibility index (Phi) is 5.36. The minimum atomic E-state index is -2.40. The first-order valence-corrected chi connectivity index (χ1v) is 11.5. The number of hydrogen-bond acceptors (Lipinski definition) is 6. The Morgan fingerprint density at radius 3 is 2.54 bits per heavy atom. The first-order valence-electron chi connectivity index (χ1n) is 8.60. The Bertz CT molecular complexity index is 819. The van der Waals surface area contributed by atoms with E-state index in [9.17, 15) is 25.1 Å². The summed E-state index contributed by atoms with van der Waals surface area (Å²) < 4.78 is 7.47. The van der Waals surface area contributed by atoms with Gasteiger partial charge in [-0.3, -0.25) is 14.3 Å². The largest absolute Gasteiger partial charge is 0.408 e. The summed E-state index contributed by atoms with van der Waals surface area (Å²) >= 11 is 0. The third-order valence-electron chi connectivity index (χ3n) is 5.75. The van der Waals surface area contributed by atoms with Crippen LogP contribution in [0, 0.1) is 17.2 Å². The van der Waals surface area contributed by atoms with E-state index in [-0.39, 0.29) is 18.1 Å². The zero-order valence-electron chi connectivity index (χ0n) is 15.8. The number of nitrogens with one attached hydrogen (secondary N) is 1. The molecule has 1 fully saturated rings. The molecule has 9 heteroatoms. The highest BCUT2D eigenvalue weighted by Crippen LogP contribution is 2.46. The summed E-state index contributed by atoms with van der Waals surface area (Å²) in [6, 6.07) is 3.30. The summed E-state index contributed by atoms with van der Waals surface area (Å²) in [5.74, 6) is -0.608. The van der Waals surface area contributed by atoms with Crippen LogP contribution in [0.4, 0.5) is 0 Å². The molecule has 26 heavy (non-hydrogen) atoms. The molecule has 1 aliphatic rings. The summed E-state index contributed by atoms with van der Waals surface area (Å²) in [5, 5.41) is 30.2. The lowest BCUT2D eigenvalue weighted by atomic mass is 9.95. The summed E-state index contributed by atoms with van der Waals surface area (Å²) in [7, 11) is -2.40. The van der Waals surface area contributed by atoms with Gasteiger partial charge in [-0.15, -0.1) is 0 Å². The first-order chi connectivity index (χ1) is 11.9. The molecule has 1 heterocycles. The van der Waals surface area contributed by atoms with Crippen LogP contribution in [0.5, 0.6) is 0 Å². The number of aromatic nitrogens is 2. The number of hydrogen-bond donors (Lipinski definition) is 3. The van der Waals surface area contributed by atoms with Crippen molar-refractivity contribution < 1.29 is 14.6 Å². The van der Waals surface area contributed by atoms with E-state index in [4.69, 9.17) is 4.43 Å². The molecular weight excluding hydrogens is 354 g/mol. The number of aliphatic hydroxyl groups excluding tert-OH is 2. The first kappa shape index (κ1) is 20.6. The van der Waals surface area contributed by atoms with Gasteiger partial charge in [-0.05, 0) is 24.6 Å². The van der Waals surface area contributed by atoms with Crippen LogP contribution in [-0.2, 0) is 9.96 Å². The number of aliphatic hydroxyl groups is 2. The van der Waals surface area contributed by atoms with E-state index in [1.165, 1.54) is 6.20 Å². The molecule has 144 valence electrons. The van der Waals surface area contributed by atoms with Crippen LogP contribution in [0.25, 0.3) is 0 Å². The molecule has 2 rings (SSSR count). The number of nitrogens with zero attached hydrogens (tertiary/aromatic N) is 2. The Morgan fingerprint density at radius 1 is 1.46 bits per heavy atom. The van der Waals surface area contributed by atoms with E-state index in [1.54, 1.807) is 0 Å². The average Bonchev–Trinajstić information content (AvgIpc) is 2.79. The van der Waals surface area contributed by atoms with E-state index in [0.717, 1.165) is 10.6 Å². The lowest BCUT2D eigenvalue weighted by molar-refractivity contribution is -0.00924. The van der Waals surface area contributed by atoms with E-state index in [0.29, 0.717) is 0 Å². The molecule has 1 aliphatic carbocycles. The van der Waals surface area contributed by atoms with Gasteiger partial charge in [-0.1, -0.05) is 20.8 Å². The Morgan fingerprint density at radius 2 is 2.08 bits per heavy atom. The summed E-state index contributed by atoms with van der Waals surface area (Å²) in [6.07, 6.45) is -0.799. The van der Waals surface area contributed by atoms with Crippen molar-refractivity contribution in [2.45, 2.75) is 63.1 Å². The normalized spacial score (nSPS) is 29.5. The van der Waals surface area contributed by atoms with Gasteiger partial charge >= 0.3 is 5.69 Å². The predicted octanol–water partition coefficient (Wildman–Crippen LogP) is 0.519. The van der Waals surface area contributed by atoms with Crippen LogP contribution >= 0.6 is 0 Å². The van der Waals surface area contributed by atoms with Crippen molar-refractivity contribution in [1.82, 2.24) is 9.55 Å². The number of nitriles is 1. The SMILES string of the molecule is CC(C)(C)[Si](C)(C)O[C@@H]1[C@H](O)[C@@H](CO)C[C@@]1(C#N)n1ccc(=O)[nH]c1=O. The fourth-order valence-electron chi connectivity index (χ4n) is 3.13. The molecule has 3 N–H and O–H groups in total. The van der Waals surface area contributed by atoms with Crippen molar-refractivity contribution >= 4 is 8.32 Å². The third-order valence-corrected chi connectivity index (χ3v) is 10.2. The smallest absolute Gasteiger partial charge is 0.329 e. The standard InChI is InChI=1S/C17H27N3O5Si/c1-16(2,3)26(4,5)25-14-13(23)11(9-21)8-17(14,10-18)20-7-6-12(22)19-15(20)24/h6-7,11,13-14,21,23H,8-9H2,1-5H3,(H,19,22,24)/t11-,13-,14-,17+/m1/s1. The number of aromatic amines is 1. The summed E-state index contributed by atoms with van der Waals surface area (Å²) in [4.78, 5) is 25.9. The van der Waals surface area contributed by atoms with E-state index in [2.05, 4.69) is 11.1 Å². The molecule has 0 unspecified atom stereocenters. The van der Waals surface area contributed by atoms with E-state index in [1.807, 2.05) is 33.9 Å². The van der Waals surface area contributed by atoms with Gasteiger partial charge in [0.15, 0.2) is 13.9 Å². The highest BCUT2D eigenvalue weighted by molar-refractivity contribution is 6.74. The fourth-order valence-corrected chi connectivity index (χ4v) is 4.45. The van der Waals surface area contributed by atoms with Crippen LogP contribution in [0.1, 0.15) is 27.2 Å². The van der Waals surface area contributed by atoms with Gasteiger partial charge in [0.1, 0.15) is 6.10 Å². The quantitative estimate of drug-likeness (QED) is 0.652. The van der Waals surface area contributed by atoms with Gasteiger partial charge in [-0.2, -0.15) is 5.26 Å². The fraction of sp³-hybridized carbons (Fsp3) is 0.706. The minimum Gasteiger partial charge on any atom is -0.408 e. The molecule has 0 radical (unpaired) electrons. The molecule has 1 saturated carbocycles. The molecule has 0 amide bonds. The summed E-state index contributed by atoms with van der Waals surface area (Å²) in [6.45, 7) is 9.74. The van der Waals surface area contributed by atoms with Crippen molar-refractivity contribution in [3.8, 4) is 6.07 Å². The molecule has 0 aliphatic heterocycles. The molecule has 1 aromatic heterocycles. The topological polar surface area (TPSA) is 128 Å². The van der Waals surface area contributed by atoms with Crippen molar-refractivity contribution in [3.05, 3.63) is 33.1 Å². The number of rotatable bonds is 4. The number of H-pyrrole nitrogens is 1. The zero-order valence-corrected chi connectivity index (χ0v) is 16.8. The second kappa shape index (κ2) is 6.77. The van der Waals surface area contributed by atoms with Crippen molar-refractivity contribution in [2.24, 2.45) is 5.92 Å². The van der Waals surface area contributed by atoms with Crippen molar-refractivity contribution in [2.75, 3.05) is 6.61 Å². The monoisotopic (exact) mass is 381 g/mol. The highest BCUT2D eigenvalue weighted by atomic mass is 28.4. The van der Waals surface area contributed by atoms with Crippen LogP contribution in [0.3, 0.4) is 0 Å². The van der Waals surface area contributed by atoms with Gasteiger partial charge in [0.2, 0.25) is 0 Å². The maximum Gasteiger partial charge on any atom is 0.329 e. The molecule has 0 spiro atoms. The average molecular weight is 382 g/mol. The lowest BCUT2D eigenvalue weighted by Gasteiger charge is -2.42. The van der Waals surface area contributed by atoms with Crippen molar-refractivity contribution in [1.29, 1.82) is 5.26 Å². The van der Waals surface area contributed by atoms with Crippen LogP contribution in [-0.4, -0.2) is 46.9 Å². The Hall–Kier alpha value is -1.73. The van der Waals surface area contributed by atoms with E-state index >= 15 is 0 Å². The van der Waals surface area contributed by atoms with Gasteiger partial charge < -0.3 is 14.6 Å². The second-order valence-corrected chi connectivity index (χ2v) is 13.2. The van der Waals surface area contributed by atoms with E-state index < -0.39 is 43.2 Å². The maximum atomic E-state index is 12.4. The van der Waals surface area contributed by atoms with Crippen LogP contribution in [0.2, 0.25) is 18.1 Å². The predicted molar refractivity (Wildman–Crippen MR) is 98.2 cm³/mol. The second-order valence-electron chi connectivity index (χ2n) is 8.45. The molecular formula is C17H27N3O5Si. The Balaban J connectivity index is 2.63. The van der Waals surface area contributed by atoms with Gasteiger partial charge in [0.05, 0.1) is 12.2 Å².